The number of carbonyl (C=O) groups is 1. The molecule has 0 aliphatic rings. The highest BCUT2D eigenvalue weighted by Gasteiger charge is 2.24. The minimum atomic E-state index is -0.625. The van der Waals surface area contributed by atoms with Gasteiger partial charge < -0.3 is 10.5 Å². The van der Waals surface area contributed by atoms with Gasteiger partial charge in [-0.15, -0.1) is 0 Å². The van der Waals surface area contributed by atoms with Gasteiger partial charge in [0.25, 0.3) is 5.91 Å². The number of aryl methyl sites for hydroxylation is 1. The number of halogens is 1. The molecular weight excluding hydrogens is 359 g/mol. The second-order valence-corrected chi connectivity index (χ2v) is 6.36. The van der Waals surface area contributed by atoms with E-state index >= 15 is 0 Å². The third-order valence-corrected chi connectivity index (χ3v) is 4.63. The molecular formula is C21H17FN4O2. The Morgan fingerprint density at radius 2 is 1.71 bits per heavy atom. The molecule has 4 rings (SSSR count). The average molecular weight is 376 g/mol. The van der Waals surface area contributed by atoms with Crippen molar-refractivity contribution in [1.29, 1.82) is 0 Å². The quantitative estimate of drug-likeness (QED) is 0.566. The maximum Gasteiger partial charge on any atom is 0.251 e. The Morgan fingerprint density at radius 3 is 2.32 bits per heavy atom. The molecule has 7 heteroatoms. The van der Waals surface area contributed by atoms with Crippen molar-refractivity contribution in [2.24, 2.45) is 5.73 Å². The van der Waals surface area contributed by atoms with Crippen molar-refractivity contribution in [3.05, 3.63) is 65.6 Å². The van der Waals surface area contributed by atoms with Crippen LogP contribution in [0.5, 0.6) is 5.75 Å². The first-order valence-electron chi connectivity index (χ1n) is 8.58. The van der Waals surface area contributed by atoms with Gasteiger partial charge in [0.2, 0.25) is 0 Å². The second kappa shape index (κ2) is 6.77. The van der Waals surface area contributed by atoms with E-state index in [2.05, 4.69) is 15.2 Å². The van der Waals surface area contributed by atoms with Crippen molar-refractivity contribution < 1.29 is 13.9 Å². The van der Waals surface area contributed by atoms with Crippen LogP contribution in [0.3, 0.4) is 0 Å². The number of fused-ring (bicyclic) bond motifs is 1. The summed E-state index contributed by atoms with van der Waals surface area (Å²) in [5.41, 5.74) is 9.57. The van der Waals surface area contributed by atoms with Crippen LogP contribution in [0.25, 0.3) is 33.4 Å². The molecule has 2 aromatic heterocycles. The highest BCUT2D eigenvalue weighted by molar-refractivity contribution is 6.12. The number of hydrogen-bond acceptors (Lipinski definition) is 4. The van der Waals surface area contributed by atoms with E-state index in [1.807, 2.05) is 6.92 Å². The van der Waals surface area contributed by atoms with Crippen molar-refractivity contribution in [2.45, 2.75) is 6.92 Å². The van der Waals surface area contributed by atoms with Crippen LogP contribution in [0.1, 0.15) is 16.1 Å². The van der Waals surface area contributed by atoms with Gasteiger partial charge in [-0.2, -0.15) is 5.10 Å². The van der Waals surface area contributed by atoms with Crippen LogP contribution in [-0.2, 0) is 0 Å². The number of H-pyrrole nitrogens is 1. The van der Waals surface area contributed by atoms with Gasteiger partial charge in [-0.25, -0.2) is 9.37 Å². The molecule has 0 bridgehead atoms. The molecule has 0 aliphatic carbocycles. The molecule has 0 aliphatic heterocycles. The Balaban J connectivity index is 2.09. The number of nitrogens with zero attached hydrogens (tertiary/aromatic N) is 2. The van der Waals surface area contributed by atoms with Crippen LogP contribution < -0.4 is 10.5 Å². The van der Waals surface area contributed by atoms with Gasteiger partial charge in [-0.05, 0) is 48.9 Å². The molecule has 2 aromatic carbocycles. The Labute approximate surface area is 160 Å². The fourth-order valence-electron chi connectivity index (χ4n) is 3.30. The fraction of sp³-hybridized carbons (Fsp3) is 0.0952. The van der Waals surface area contributed by atoms with Crippen LogP contribution in [-0.4, -0.2) is 28.2 Å². The Bertz CT molecular complexity index is 1180. The lowest BCUT2D eigenvalue weighted by atomic mass is 9.92. The number of primary amides is 1. The zero-order chi connectivity index (χ0) is 19.8. The average Bonchev–Trinajstić information content (AvgIpc) is 3.08. The number of nitrogens with one attached hydrogen (secondary N) is 1. The predicted molar refractivity (Wildman–Crippen MR) is 105 cm³/mol. The monoisotopic (exact) mass is 376 g/mol. The topological polar surface area (TPSA) is 93.9 Å². The molecule has 0 unspecified atom stereocenters. The smallest absolute Gasteiger partial charge is 0.251 e. The van der Waals surface area contributed by atoms with E-state index < -0.39 is 5.91 Å². The largest absolute Gasteiger partial charge is 0.497 e. The van der Waals surface area contributed by atoms with Crippen molar-refractivity contribution in [3.63, 3.8) is 0 Å². The summed E-state index contributed by atoms with van der Waals surface area (Å²) in [5, 5.41) is 7.84. The summed E-state index contributed by atoms with van der Waals surface area (Å²) in [4.78, 5) is 17.1. The summed E-state index contributed by atoms with van der Waals surface area (Å²) in [6.07, 6.45) is 0. The molecule has 0 saturated carbocycles. The Morgan fingerprint density at radius 1 is 1.07 bits per heavy atom. The number of rotatable bonds is 4. The maximum atomic E-state index is 13.5. The minimum absolute atomic E-state index is 0.258. The lowest BCUT2D eigenvalue weighted by molar-refractivity contribution is 0.100. The second-order valence-electron chi connectivity index (χ2n) is 6.36. The first kappa shape index (κ1) is 17.7. The Hall–Kier alpha value is -3.74. The van der Waals surface area contributed by atoms with Crippen molar-refractivity contribution >= 4 is 16.9 Å². The van der Waals surface area contributed by atoms with E-state index in [1.165, 1.54) is 12.1 Å². The SMILES string of the molecule is COc1ccc(-c2nc3n[nH]c(C)c3c(-c3ccc(F)cc3)c2C(N)=O)cc1. The molecule has 3 N–H and O–H groups in total. The highest BCUT2D eigenvalue weighted by Crippen LogP contribution is 2.37. The van der Waals surface area contributed by atoms with Gasteiger partial charge in [0, 0.05) is 16.8 Å². The standard InChI is InChI=1S/C21H17FN4O2/c1-11-16-17(12-3-7-14(22)8-4-12)18(20(23)27)19(24-21(16)26-25-11)13-5-9-15(28-2)10-6-13/h3-10H,1-2H3,(H2,23,27)(H,24,25,26). The van der Waals surface area contributed by atoms with Gasteiger partial charge >= 0.3 is 0 Å². The summed E-state index contributed by atoms with van der Waals surface area (Å²) in [7, 11) is 1.58. The van der Waals surface area contributed by atoms with Gasteiger partial charge in [0.05, 0.1) is 23.8 Å². The molecule has 28 heavy (non-hydrogen) atoms. The van der Waals surface area contributed by atoms with E-state index in [0.29, 0.717) is 39.2 Å². The zero-order valence-electron chi connectivity index (χ0n) is 15.3. The number of ether oxygens (including phenoxy) is 1. The van der Waals surface area contributed by atoms with Gasteiger partial charge in [0.1, 0.15) is 11.6 Å². The van der Waals surface area contributed by atoms with Crippen LogP contribution >= 0.6 is 0 Å². The van der Waals surface area contributed by atoms with Gasteiger partial charge in [-0.3, -0.25) is 9.89 Å². The molecule has 0 atom stereocenters. The number of carbonyl (C=O) groups excluding carboxylic acids is 1. The van der Waals surface area contributed by atoms with Crippen LogP contribution in [0.15, 0.2) is 48.5 Å². The summed E-state index contributed by atoms with van der Waals surface area (Å²) in [6, 6.07) is 13.1. The molecule has 140 valence electrons. The molecule has 4 aromatic rings. The third-order valence-electron chi connectivity index (χ3n) is 4.63. The molecule has 0 spiro atoms. The summed E-state index contributed by atoms with van der Waals surface area (Å²) < 4.78 is 18.7. The van der Waals surface area contributed by atoms with E-state index in [1.54, 1.807) is 43.5 Å². The number of benzene rings is 2. The minimum Gasteiger partial charge on any atom is -0.497 e. The van der Waals surface area contributed by atoms with Crippen molar-refractivity contribution in [2.75, 3.05) is 7.11 Å². The lowest BCUT2D eigenvalue weighted by Crippen LogP contribution is -2.15. The van der Waals surface area contributed by atoms with Crippen LogP contribution in [0.2, 0.25) is 0 Å². The summed E-state index contributed by atoms with van der Waals surface area (Å²) >= 11 is 0. The van der Waals surface area contributed by atoms with Gasteiger partial charge in [-0.1, -0.05) is 12.1 Å². The molecule has 6 nitrogen and oxygen atoms in total. The van der Waals surface area contributed by atoms with E-state index in [9.17, 15) is 9.18 Å². The zero-order valence-corrected chi connectivity index (χ0v) is 15.3. The molecule has 2 heterocycles. The van der Waals surface area contributed by atoms with Crippen LogP contribution in [0, 0.1) is 12.7 Å². The first-order valence-corrected chi connectivity index (χ1v) is 8.58. The van der Waals surface area contributed by atoms with Gasteiger partial charge in [0.15, 0.2) is 5.65 Å². The maximum absolute atomic E-state index is 13.5. The third kappa shape index (κ3) is 2.87. The summed E-state index contributed by atoms with van der Waals surface area (Å²) in [5.74, 6) is -0.311. The fourth-order valence-corrected chi connectivity index (χ4v) is 3.30. The number of nitrogens with two attached hydrogens (primary N) is 1. The number of methoxy groups -OCH3 is 1. The summed E-state index contributed by atoms with van der Waals surface area (Å²) in [6.45, 7) is 1.84. The number of aromatic nitrogens is 3. The molecule has 0 saturated heterocycles. The Kier molecular flexibility index (Phi) is 4.27. The highest BCUT2D eigenvalue weighted by atomic mass is 19.1. The number of aromatic amines is 1. The van der Waals surface area contributed by atoms with Crippen molar-refractivity contribution in [3.8, 4) is 28.1 Å². The predicted octanol–water partition coefficient (Wildman–Crippen LogP) is 3.85. The normalized spacial score (nSPS) is 11.0. The number of pyridine rings is 1. The van der Waals surface area contributed by atoms with Crippen molar-refractivity contribution in [1.82, 2.24) is 15.2 Å². The number of amides is 1. The van der Waals surface area contributed by atoms with E-state index in [-0.39, 0.29) is 11.4 Å². The lowest BCUT2D eigenvalue weighted by Gasteiger charge is -2.14. The first-order chi connectivity index (χ1) is 13.5. The van der Waals surface area contributed by atoms with E-state index in [4.69, 9.17) is 10.5 Å². The molecule has 0 radical (unpaired) electrons. The van der Waals surface area contributed by atoms with Crippen LogP contribution in [0.4, 0.5) is 4.39 Å². The van der Waals surface area contributed by atoms with E-state index in [0.717, 1.165) is 5.69 Å². The molecule has 1 amide bonds. The molecule has 0 fully saturated rings. The number of hydrogen-bond donors (Lipinski definition) is 2.